The fourth-order valence-corrected chi connectivity index (χ4v) is 11.4. The Bertz CT molecular complexity index is 2380. The van der Waals surface area contributed by atoms with Gasteiger partial charge in [-0.2, -0.15) is 0 Å². The van der Waals surface area contributed by atoms with E-state index in [1.54, 1.807) is 56.2 Å². The van der Waals surface area contributed by atoms with Crippen molar-refractivity contribution < 1.29 is 69.2 Å². The largest absolute Gasteiger partial charge is 0.507 e. The quantitative estimate of drug-likeness (QED) is 0.156. The molecule has 0 heterocycles. The van der Waals surface area contributed by atoms with Gasteiger partial charge in [-0.1, -0.05) is 31.2 Å². The standard InChI is InChI=1S/C24H30N2O7.C21H24N2O7/c1-4-8-33-14-7-5-6-11-9-12-10-13-18(26(2)3)20(28)17(23(25)31)22(30)24(13,32)21(29)16(12)19(27)15(11)14;1-23(2)15-10-7-9-6-8-4-3-5-11(24)12(8)16(25)13(9)18(27)21(10,30)19(28)14(17(15)26)20(22)29/h5-7,12-13,17-18,20,27-28,32H,4,8-10H2,1-3H3,(H2,25,31);3-5,9-10,14-15,17,24-26,30H,6-7H2,1-2H3,(H2,22,29)/t12-,13-,17?,18-,20?,24-;9-,10-,14?,15-,17?,21-/m00/s1. The first-order chi connectivity index (χ1) is 29.6. The molecule has 2 amide bonds. The number of carbonyl (C=O) groups excluding carboxylic acids is 6. The number of likely N-dealkylation sites (N-methyl/N-ethyl adjacent to an activating group) is 2. The molecule has 0 radical (unpaired) electrons. The van der Waals surface area contributed by atoms with E-state index in [-0.39, 0.29) is 41.1 Å². The average Bonchev–Trinajstić information content (AvgIpc) is 3.19. The molecule has 18 heteroatoms. The molecule has 4 fully saturated rings. The number of hydrogen-bond donors (Lipinski definition) is 9. The van der Waals surface area contributed by atoms with Gasteiger partial charge in [-0.3, -0.25) is 28.8 Å². The summed E-state index contributed by atoms with van der Waals surface area (Å²) in [5, 5.41) is 76.8. The maximum absolute atomic E-state index is 13.7. The van der Waals surface area contributed by atoms with Crippen LogP contribution in [0.3, 0.4) is 0 Å². The van der Waals surface area contributed by atoms with Crippen LogP contribution >= 0.6 is 0 Å². The molecule has 2 aromatic carbocycles. The van der Waals surface area contributed by atoms with Gasteiger partial charge in [0.25, 0.3) is 0 Å². The summed E-state index contributed by atoms with van der Waals surface area (Å²) in [6.45, 7) is 2.37. The van der Waals surface area contributed by atoms with Crippen LogP contribution in [0.2, 0.25) is 0 Å². The van der Waals surface area contributed by atoms with Crippen molar-refractivity contribution in [1.29, 1.82) is 0 Å². The lowest BCUT2D eigenvalue weighted by atomic mass is 9.54. The number of rotatable bonds is 7. The lowest BCUT2D eigenvalue weighted by Crippen LogP contribution is -2.73. The van der Waals surface area contributed by atoms with Crippen molar-refractivity contribution in [2.24, 2.45) is 47.0 Å². The van der Waals surface area contributed by atoms with Crippen molar-refractivity contribution in [2.75, 3.05) is 34.8 Å². The maximum Gasteiger partial charge on any atom is 0.230 e. The van der Waals surface area contributed by atoms with Crippen molar-refractivity contribution in [3.8, 4) is 11.5 Å². The summed E-state index contributed by atoms with van der Waals surface area (Å²) < 4.78 is 5.77. The summed E-state index contributed by atoms with van der Waals surface area (Å²) in [5.41, 5.74) is 7.24. The predicted octanol–water partition coefficient (Wildman–Crippen LogP) is -0.659. The summed E-state index contributed by atoms with van der Waals surface area (Å²) in [6, 6.07) is 8.33. The Hall–Kier alpha value is -5.50. The smallest absolute Gasteiger partial charge is 0.230 e. The number of aliphatic hydroxyl groups excluding tert-OH is 4. The number of phenolic OH excluding ortho intramolecular Hbond substituents is 1. The van der Waals surface area contributed by atoms with Crippen molar-refractivity contribution in [3.63, 3.8) is 0 Å². The summed E-state index contributed by atoms with van der Waals surface area (Å²) in [4.78, 5) is 80.7. The van der Waals surface area contributed by atoms with E-state index in [4.69, 9.17) is 16.2 Å². The number of amides is 2. The first-order valence-corrected chi connectivity index (χ1v) is 20.9. The zero-order valence-electron chi connectivity index (χ0n) is 35.5. The number of nitrogens with two attached hydrogens (primary N) is 2. The third kappa shape index (κ3) is 6.68. The molecule has 6 aliphatic rings. The molecule has 0 aromatic heterocycles. The summed E-state index contributed by atoms with van der Waals surface area (Å²) in [7, 11) is 6.51. The van der Waals surface area contributed by atoms with Gasteiger partial charge in [-0.15, -0.1) is 0 Å². The number of Topliss-reactive ketones (excluding diaryl/α,β-unsaturated/α-hetero) is 4. The highest BCUT2D eigenvalue weighted by molar-refractivity contribution is 6.26. The van der Waals surface area contributed by atoms with Crippen LogP contribution in [0.15, 0.2) is 47.5 Å². The van der Waals surface area contributed by atoms with Crippen LogP contribution in [-0.2, 0) is 41.6 Å². The topological polar surface area (TPSA) is 312 Å². The second kappa shape index (κ2) is 16.2. The second-order valence-corrected chi connectivity index (χ2v) is 18.0. The zero-order valence-corrected chi connectivity index (χ0v) is 35.5. The van der Waals surface area contributed by atoms with E-state index in [9.17, 15) is 64.5 Å². The molecule has 0 aliphatic heterocycles. The summed E-state index contributed by atoms with van der Waals surface area (Å²) in [5.74, 6) is -13.5. The minimum atomic E-state index is -2.62. The number of hydrogen-bond acceptors (Lipinski definition) is 16. The van der Waals surface area contributed by atoms with Crippen LogP contribution in [-0.4, -0.2) is 151 Å². The van der Waals surface area contributed by atoms with Crippen molar-refractivity contribution in [1.82, 2.24) is 9.80 Å². The summed E-state index contributed by atoms with van der Waals surface area (Å²) >= 11 is 0. The van der Waals surface area contributed by atoms with E-state index < -0.39 is 112 Å². The number of aromatic hydroxyl groups is 1. The van der Waals surface area contributed by atoms with Gasteiger partial charge in [0.1, 0.15) is 34.9 Å². The number of nitrogens with zero attached hydrogens (tertiary/aromatic N) is 2. The number of ketones is 4. The van der Waals surface area contributed by atoms with E-state index in [1.807, 2.05) is 19.1 Å². The van der Waals surface area contributed by atoms with Gasteiger partial charge in [0.05, 0.1) is 29.9 Å². The van der Waals surface area contributed by atoms with E-state index in [0.717, 1.165) is 12.0 Å². The monoisotopic (exact) mass is 874 g/mol. The van der Waals surface area contributed by atoms with Crippen LogP contribution in [0, 0.1) is 35.5 Å². The first kappa shape index (κ1) is 45.5. The molecule has 63 heavy (non-hydrogen) atoms. The molecule has 0 spiro atoms. The van der Waals surface area contributed by atoms with Crippen LogP contribution in [0.25, 0.3) is 11.5 Å². The molecule has 12 atom stereocenters. The minimum absolute atomic E-state index is 0.0423. The minimum Gasteiger partial charge on any atom is -0.507 e. The van der Waals surface area contributed by atoms with E-state index >= 15 is 0 Å². The van der Waals surface area contributed by atoms with Crippen molar-refractivity contribution in [3.05, 3.63) is 69.8 Å². The van der Waals surface area contributed by atoms with Gasteiger partial charge in [-0.25, -0.2) is 0 Å². The SMILES string of the molecule is CCCOc1cccc2c1C(O)=C1C(=O)[C@]3(O)C(=O)C(C(N)=O)C(O)[C@@H](N(C)C)[C@@H]3C[C@@H]1C2.CN(C)[C@@H]1C(O)C(C(N)=O)C(=O)[C@@]2(O)C(=O)C3=C(O)c4c(O)cccc4C[C@H]3C[C@@H]12. The molecule has 8 rings (SSSR count). The maximum atomic E-state index is 13.7. The van der Waals surface area contributed by atoms with Crippen LogP contribution in [0.1, 0.15) is 48.4 Å². The van der Waals surface area contributed by atoms with Gasteiger partial charge in [-0.05, 0) is 95.4 Å². The fourth-order valence-electron chi connectivity index (χ4n) is 11.4. The number of primary amides is 2. The number of benzene rings is 2. The Morgan fingerprint density at radius 3 is 1.52 bits per heavy atom. The highest BCUT2D eigenvalue weighted by Crippen LogP contribution is 2.54. The normalized spacial score (nSPS) is 34.5. The third-order valence-corrected chi connectivity index (χ3v) is 14.1. The Labute approximate surface area is 362 Å². The summed E-state index contributed by atoms with van der Waals surface area (Å²) in [6.07, 6.45) is -1.20. The molecule has 11 N–H and O–H groups in total. The molecule has 18 nitrogen and oxygen atoms in total. The van der Waals surface area contributed by atoms with E-state index in [2.05, 4.69) is 0 Å². The molecule has 4 saturated carbocycles. The number of phenols is 1. The number of aliphatic hydroxyl groups is 6. The molecule has 0 saturated heterocycles. The Morgan fingerprint density at radius 2 is 1.11 bits per heavy atom. The molecular formula is C45H54N4O14. The molecule has 4 unspecified atom stereocenters. The lowest BCUT2D eigenvalue weighted by molar-refractivity contribution is -0.185. The number of fused-ring (bicyclic) bond motifs is 6. The van der Waals surface area contributed by atoms with Gasteiger partial charge >= 0.3 is 0 Å². The molecule has 2 aromatic rings. The first-order valence-electron chi connectivity index (χ1n) is 20.9. The van der Waals surface area contributed by atoms with Crippen molar-refractivity contribution in [2.45, 2.75) is 74.5 Å². The Kier molecular flexibility index (Phi) is 11.7. The average molecular weight is 875 g/mol. The highest BCUT2D eigenvalue weighted by atomic mass is 16.5. The second-order valence-electron chi connectivity index (χ2n) is 18.0. The fraction of sp³-hybridized carbons (Fsp3) is 0.511. The highest BCUT2D eigenvalue weighted by Gasteiger charge is 2.69. The molecule has 0 bridgehead atoms. The van der Waals surface area contributed by atoms with Gasteiger partial charge in [0, 0.05) is 35.1 Å². The predicted molar refractivity (Wildman–Crippen MR) is 222 cm³/mol. The van der Waals surface area contributed by atoms with Crippen LogP contribution in [0.5, 0.6) is 11.5 Å². The van der Waals surface area contributed by atoms with Gasteiger partial charge in [0.15, 0.2) is 22.8 Å². The van der Waals surface area contributed by atoms with Crippen LogP contribution in [0.4, 0.5) is 0 Å². The number of carbonyl (C=O) groups is 6. The van der Waals surface area contributed by atoms with Crippen molar-refractivity contribution >= 4 is 46.5 Å². The van der Waals surface area contributed by atoms with Gasteiger partial charge < -0.3 is 61.7 Å². The molecule has 338 valence electrons. The Morgan fingerprint density at radius 1 is 0.698 bits per heavy atom. The van der Waals surface area contributed by atoms with E-state index in [0.29, 0.717) is 36.3 Å². The zero-order chi connectivity index (χ0) is 46.4. The molecular weight excluding hydrogens is 821 g/mol. The lowest BCUT2D eigenvalue weighted by Gasteiger charge is -2.53. The third-order valence-electron chi connectivity index (χ3n) is 14.1. The van der Waals surface area contributed by atoms with Gasteiger partial charge in [0.2, 0.25) is 23.4 Å². The Balaban J connectivity index is 0.000000190. The molecule has 6 aliphatic carbocycles. The van der Waals surface area contributed by atoms with Crippen LogP contribution < -0.4 is 16.2 Å². The van der Waals surface area contributed by atoms with E-state index in [1.165, 1.54) is 6.07 Å². The number of ether oxygens (including phenoxy) is 1.